The first kappa shape index (κ1) is 28.8. The third-order valence-electron chi connectivity index (χ3n) is 8.38. The fraction of sp³-hybridized carbons (Fsp3) is 0.290. The quantitative estimate of drug-likeness (QED) is 0.113. The molecule has 1 spiro atoms. The number of aliphatic hydroxyl groups is 2. The lowest BCUT2D eigenvalue weighted by Gasteiger charge is -2.27. The minimum Gasteiger partial charge on any atom is -0.510 e. The number of H-pyrrole nitrogens is 1. The molecule has 1 aromatic carbocycles. The zero-order valence-corrected chi connectivity index (χ0v) is 23.9. The van der Waals surface area contributed by atoms with E-state index in [1.54, 1.807) is 12.1 Å². The van der Waals surface area contributed by atoms with E-state index in [0.717, 1.165) is 26.1 Å². The lowest BCUT2D eigenvalue weighted by atomic mass is 9.78. The summed E-state index contributed by atoms with van der Waals surface area (Å²) in [7, 11) is 5.00. The monoisotopic (exact) mass is 601 g/mol. The summed E-state index contributed by atoms with van der Waals surface area (Å²) >= 11 is 0. The Hall–Kier alpha value is -5.30. The molecule has 0 fully saturated rings. The number of aromatic hydroxyl groups is 1. The summed E-state index contributed by atoms with van der Waals surface area (Å²) in [5, 5.41) is 35.9. The highest BCUT2D eigenvalue weighted by Crippen LogP contribution is 2.54. The minimum atomic E-state index is -1.96. The van der Waals surface area contributed by atoms with Gasteiger partial charge in [0.05, 0.1) is 45.3 Å². The van der Waals surface area contributed by atoms with Gasteiger partial charge >= 0.3 is 0 Å². The number of hydrogen-bond acceptors (Lipinski definition) is 12. The molecule has 6 rings (SSSR count). The second-order valence-electron chi connectivity index (χ2n) is 11.2. The molecule has 4 aliphatic rings. The van der Waals surface area contributed by atoms with E-state index < -0.39 is 76.6 Å². The minimum absolute atomic E-state index is 0.0579. The molecule has 1 heterocycles. The van der Waals surface area contributed by atoms with Gasteiger partial charge in [0.15, 0.2) is 11.2 Å². The van der Waals surface area contributed by atoms with Gasteiger partial charge < -0.3 is 34.8 Å². The van der Waals surface area contributed by atoms with Gasteiger partial charge in [0.25, 0.3) is 5.56 Å². The van der Waals surface area contributed by atoms with E-state index in [4.69, 9.17) is 9.57 Å². The number of aryl methyl sites for hydroxylation is 1. The van der Waals surface area contributed by atoms with Gasteiger partial charge in [-0.15, -0.1) is 0 Å². The second-order valence-corrected chi connectivity index (χ2v) is 11.2. The fourth-order valence-corrected chi connectivity index (χ4v) is 6.43. The number of oxime groups is 1. The first-order valence-electron chi connectivity index (χ1n) is 13.7. The lowest BCUT2D eigenvalue weighted by Crippen LogP contribution is -2.51. The summed E-state index contributed by atoms with van der Waals surface area (Å²) in [6, 6.07) is 3.97. The molecule has 4 aliphatic carbocycles. The maximum Gasteiger partial charge on any atom is 0.260 e. The van der Waals surface area contributed by atoms with Gasteiger partial charge in [0.2, 0.25) is 16.3 Å². The Morgan fingerprint density at radius 1 is 0.955 bits per heavy atom. The van der Waals surface area contributed by atoms with Crippen LogP contribution in [0.1, 0.15) is 29.7 Å². The van der Waals surface area contributed by atoms with Crippen molar-refractivity contribution in [2.24, 2.45) is 5.16 Å². The largest absolute Gasteiger partial charge is 0.510 e. The highest BCUT2D eigenvalue weighted by Gasteiger charge is 2.53. The van der Waals surface area contributed by atoms with Gasteiger partial charge in [-0.3, -0.25) is 24.0 Å². The van der Waals surface area contributed by atoms with Crippen molar-refractivity contribution >= 4 is 28.5 Å². The summed E-state index contributed by atoms with van der Waals surface area (Å²) in [6.07, 6.45) is 2.16. The van der Waals surface area contributed by atoms with Crippen molar-refractivity contribution in [2.45, 2.75) is 24.7 Å². The van der Waals surface area contributed by atoms with Gasteiger partial charge in [-0.1, -0.05) is 11.2 Å². The van der Waals surface area contributed by atoms with Crippen molar-refractivity contribution < 1.29 is 24.9 Å². The summed E-state index contributed by atoms with van der Waals surface area (Å²) in [5.74, 6) is -2.53. The number of aromatic nitrogens is 1. The van der Waals surface area contributed by atoms with Crippen LogP contribution in [-0.2, 0) is 16.7 Å². The first-order valence-corrected chi connectivity index (χ1v) is 13.7. The molecule has 0 saturated heterocycles. The molecule has 2 aromatic rings. The zero-order chi connectivity index (χ0) is 31.7. The number of nitrogens with one attached hydrogen (secondary N) is 1. The van der Waals surface area contributed by atoms with Crippen LogP contribution in [0.4, 0.5) is 0 Å². The Morgan fingerprint density at radius 3 is 2.30 bits per heavy atom. The van der Waals surface area contributed by atoms with Gasteiger partial charge in [-0.25, -0.2) is 0 Å². The number of aliphatic hydroxyl groups excluding tert-OH is 2. The molecular weight excluding hydrogens is 574 g/mol. The van der Waals surface area contributed by atoms with Crippen LogP contribution in [0.2, 0.25) is 0 Å². The smallest absolute Gasteiger partial charge is 0.260 e. The number of methoxy groups -OCH3 is 1. The van der Waals surface area contributed by atoms with E-state index in [2.05, 4.69) is 10.1 Å². The summed E-state index contributed by atoms with van der Waals surface area (Å²) in [6.45, 7) is 1.19. The molecule has 226 valence electrons. The SMILES string of the molecule is COc1cc(=O)c2c(=O)c3c(c(=O)c=2c1=O)=C(O)C1(CCc2cc4cc(C=NOCCCN(C)C)[nH]c(=O)c4c(O)c21)C=3O. The normalized spacial score (nSPS) is 17.5. The topological polar surface area (TPSA) is 196 Å². The average molecular weight is 602 g/mol. The van der Waals surface area contributed by atoms with Crippen LogP contribution in [-0.4, -0.2) is 65.8 Å². The van der Waals surface area contributed by atoms with Crippen LogP contribution in [0.5, 0.6) is 11.5 Å². The Balaban J connectivity index is 1.55. The van der Waals surface area contributed by atoms with Gasteiger partial charge in [0.1, 0.15) is 29.3 Å². The molecule has 1 aromatic heterocycles. The molecule has 13 heteroatoms. The molecule has 13 nitrogen and oxygen atoms in total. The number of hydrogen-bond donors (Lipinski definition) is 4. The molecule has 44 heavy (non-hydrogen) atoms. The standard InChI is InChI=1S/C31H27N3O10/c1-34(2)7-4-8-44-32-12-15-10-14-9-13-5-6-31(23(13)27(39)18(14)30(42)33-15)28(40)21-22(29(31)41)26(38)20-19(25(21)37)16(35)11-17(43-3)24(20)36/h9-12,39-41H,4-8H2,1-3H3,(H,33,42). The predicted molar refractivity (Wildman–Crippen MR) is 160 cm³/mol. The predicted octanol–water partition coefficient (Wildman–Crippen LogP) is -1.18. The van der Waals surface area contributed by atoms with Gasteiger partial charge in [0, 0.05) is 18.2 Å². The Morgan fingerprint density at radius 2 is 1.64 bits per heavy atom. The highest BCUT2D eigenvalue weighted by molar-refractivity contribution is 5.96. The summed E-state index contributed by atoms with van der Waals surface area (Å²) in [4.78, 5) is 75.9. The van der Waals surface area contributed by atoms with Crippen LogP contribution in [0.25, 0.3) is 22.3 Å². The molecule has 4 N–H and O–H groups in total. The van der Waals surface area contributed by atoms with E-state index in [1.807, 2.05) is 19.0 Å². The second kappa shape index (κ2) is 10.2. The van der Waals surface area contributed by atoms with Crippen LogP contribution < -0.4 is 42.4 Å². The molecule has 0 amide bonds. The Labute approximate surface area is 246 Å². The number of phenols is 1. The van der Waals surface area contributed by atoms with Crippen LogP contribution in [0.3, 0.4) is 0 Å². The number of nitrogens with zero attached hydrogens (tertiary/aromatic N) is 2. The zero-order valence-electron chi connectivity index (χ0n) is 23.9. The van der Waals surface area contributed by atoms with Gasteiger partial charge in [-0.05, 0) is 50.4 Å². The van der Waals surface area contributed by atoms with Crippen LogP contribution >= 0.6 is 0 Å². The van der Waals surface area contributed by atoms with Crippen molar-refractivity contribution in [3.8, 4) is 11.5 Å². The van der Waals surface area contributed by atoms with Crippen molar-refractivity contribution in [1.82, 2.24) is 9.88 Å². The van der Waals surface area contributed by atoms with E-state index in [1.165, 1.54) is 6.21 Å². The average Bonchev–Trinajstić information content (AvgIpc) is 3.46. The summed E-state index contributed by atoms with van der Waals surface area (Å²) in [5.41, 5.74) is -6.19. The Bertz CT molecular complexity index is 2410. The number of aromatic amines is 1. The van der Waals surface area contributed by atoms with Crippen molar-refractivity contribution in [3.05, 3.63) is 107 Å². The number of pyridine rings is 1. The lowest BCUT2D eigenvalue weighted by molar-refractivity contribution is 0.136. The third kappa shape index (κ3) is 3.89. The van der Waals surface area contributed by atoms with Crippen molar-refractivity contribution in [3.63, 3.8) is 0 Å². The first-order chi connectivity index (χ1) is 20.9. The van der Waals surface area contributed by atoms with E-state index >= 15 is 0 Å². The number of ether oxygens (including phenoxy) is 1. The number of benzene rings is 1. The van der Waals surface area contributed by atoms with Crippen molar-refractivity contribution in [2.75, 3.05) is 34.4 Å². The third-order valence-corrected chi connectivity index (χ3v) is 8.38. The van der Waals surface area contributed by atoms with Crippen LogP contribution in [0.15, 0.2) is 47.3 Å². The molecular formula is C31H27N3O10. The molecule has 1 unspecified atom stereocenters. The van der Waals surface area contributed by atoms with E-state index in [9.17, 15) is 39.3 Å². The molecule has 0 bridgehead atoms. The van der Waals surface area contributed by atoms with Gasteiger partial charge in [-0.2, -0.15) is 0 Å². The Kier molecular flexibility index (Phi) is 6.65. The molecule has 0 saturated carbocycles. The van der Waals surface area contributed by atoms with E-state index in [-0.39, 0.29) is 23.8 Å². The number of fused-ring (bicyclic) bond motifs is 4. The fourth-order valence-electron chi connectivity index (χ4n) is 6.43. The molecule has 0 radical (unpaired) electrons. The number of rotatable bonds is 7. The summed E-state index contributed by atoms with van der Waals surface area (Å²) < 4.78 is 4.90. The molecule has 0 aliphatic heterocycles. The van der Waals surface area contributed by atoms with E-state index in [0.29, 0.717) is 23.3 Å². The van der Waals surface area contributed by atoms with Crippen molar-refractivity contribution in [1.29, 1.82) is 0 Å². The highest BCUT2D eigenvalue weighted by atomic mass is 16.6. The maximum atomic E-state index is 13.6. The maximum absolute atomic E-state index is 13.6. The van der Waals surface area contributed by atoms with Crippen LogP contribution in [0, 0.1) is 10.4 Å². The molecule has 1 atom stereocenters. The number of phenolic OH excluding ortho intramolecular Hbond substituents is 1.